The molecule has 1 aliphatic carbocycles. The summed E-state index contributed by atoms with van der Waals surface area (Å²) in [5.74, 6) is -0.346. The monoisotopic (exact) mass is 328 g/mol. The first-order valence-electron chi connectivity index (χ1n) is 8.37. The van der Waals surface area contributed by atoms with Crippen molar-refractivity contribution in [2.75, 3.05) is 18.0 Å². The number of anilines is 1. The molecule has 4 rings (SSSR count). The number of rotatable bonds is 2. The van der Waals surface area contributed by atoms with Gasteiger partial charge in [0, 0.05) is 24.7 Å². The average Bonchev–Trinajstić information content (AvgIpc) is 3.24. The largest absolute Gasteiger partial charge is 0.337 e. The van der Waals surface area contributed by atoms with E-state index in [1.54, 1.807) is 4.90 Å². The number of benzene rings is 1. The molecule has 1 aromatic rings. The van der Waals surface area contributed by atoms with Gasteiger partial charge in [-0.15, -0.1) is 0 Å². The molecule has 1 saturated carbocycles. The van der Waals surface area contributed by atoms with Gasteiger partial charge in [-0.05, 0) is 30.9 Å². The van der Waals surface area contributed by atoms with E-state index in [-0.39, 0.29) is 17.9 Å². The molecule has 3 aliphatic rings. The van der Waals surface area contributed by atoms with Crippen molar-refractivity contribution in [2.24, 2.45) is 5.92 Å². The molecule has 2 fully saturated rings. The summed E-state index contributed by atoms with van der Waals surface area (Å²) in [4.78, 5) is 38.0. The summed E-state index contributed by atoms with van der Waals surface area (Å²) in [5, 5.41) is 8.05. The highest BCUT2D eigenvalue weighted by Gasteiger charge is 2.54. The fourth-order valence-corrected chi connectivity index (χ4v) is 4.18. The summed E-state index contributed by atoms with van der Waals surface area (Å²) in [5.41, 5.74) is 1.27. The van der Waals surface area contributed by atoms with Crippen molar-refractivity contribution in [3.05, 3.63) is 29.8 Å². The van der Waals surface area contributed by atoms with E-state index in [0.717, 1.165) is 24.9 Å². The number of carbonyl (C=O) groups excluding carboxylic acids is 3. The summed E-state index contributed by atoms with van der Waals surface area (Å²) in [6, 6.07) is 7.30. The van der Waals surface area contributed by atoms with E-state index in [9.17, 15) is 14.4 Å². The molecule has 1 saturated heterocycles. The van der Waals surface area contributed by atoms with Crippen molar-refractivity contribution in [3.63, 3.8) is 0 Å². The van der Waals surface area contributed by atoms with Crippen LogP contribution in [0.2, 0.25) is 0 Å². The van der Waals surface area contributed by atoms with Gasteiger partial charge in [0.05, 0.1) is 0 Å². The van der Waals surface area contributed by atoms with Crippen molar-refractivity contribution < 1.29 is 14.4 Å². The van der Waals surface area contributed by atoms with E-state index in [1.165, 1.54) is 5.56 Å². The Kier molecular flexibility index (Phi) is 3.44. The van der Waals surface area contributed by atoms with Crippen LogP contribution in [0.5, 0.6) is 0 Å². The second-order valence-electron chi connectivity index (χ2n) is 6.69. The second kappa shape index (κ2) is 5.51. The average molecular weight is 328 g/mol. The van der Waals surface area contributed by atoms with E-state index >= 15 is 0 Å². The third kappa shape index (κ3) is 2.23. The van der Waals surface area contributed by atoms with Gasteiger partial charge in [-0.3, -0.25) is 15.0 Å². The highest BCUT2D eigenvalue weighted by atomic mass is 16.2. The second-order valence-corrected chi connectivity index (χ2v) is 6.69. The molecule has 2 atom stereocenters. The summed E-state index contributed by atoms with van der Waals surface area (Å²) < 4.78 is 0. The molecule has 0 unspecified atom stereocenters. The van der Waals surface area contributed by atoms with Crippen molar-refractivity contribution in [3.8, 4) is 0 Å². The van der Waals surface area contributed by atoms with Crippen molar-refractivity contribution in [1.29, 1.82) is 0 Å². The number of imide groups is 1. The van der Waals surface area contributed by atoms with Gasteiger partial charge < -0.3 is 10.6 Å². The molecule has 7 heteroatoms. The van der Waals surface area contributed by atoms with E-state index in [4.69, 9.17) is 0 Å². The SMILES string of the molecule is O=C1NC(=O)[C@@]2(CCC[C@@H]2CNC(=O)N2CCc3ccccc32)N1. The Balaban J connectivity index is 1.43. The van der Waals surface area contributed by atoms with Crippen LogP contribution in [0.15, 0.2) is 24.3 Å². The molecule has 0 aromatic heterocycles. The van der Waals surface area contributed by atoms with Gasteiger partial charge in [-0.1, -0.05) is 24.6 Å². The molecule has 2 aliphatic heterocycles. The maximum atomic E-state index is 12.5. The number of hydrogen-bond acceptors (Lipinski definition) is 3. The first-order chi connectivity index (χ1) is 11.6. The predicted octanol–water partition coefficient (Wildman–Crippen LogP) is 1.14. The van der Waals surface area contributed by atoms with Crippen LogP contribution in [0.3, 0.4) is 0 Å². The number of carbonyl (C=O) groups is 3. The van der Waals surface area contributed by atoms with Crippen LogP contribution >= 0.6 is 0 Å². The van der Waals surface area contributed by atoms with Gasteiger partial charge in [0.25, 0.3) is 5.91 Å². The minimum atomic E-state index is -0.854. The Morgan fingerprint density at radius 2 is 2.17 bits per heavy atom. The topological polar surface area (TPSA) is 90.5 Å². The fraction of sp³-hybridized carbons (Fsp3) is 0.471. The van der Waals surface area contributed by atoms with E-state index in [2.05, 4.69) is 16.0 Å². The van der Waals surface area contributed by atoms with Crippen LogP contribution in [-0.4, -0.2) is 36.6 Å². The molecular formula is C17H20N4O3. The van der Waals surface area contributed by atoms with Gasteiger partial charge in [0.15, 0.2) is 0 Å². The molecule has 3 N–H and O–H groups in total. The fourth-order valence-electron chi connectivity index (χ4n) is 4.18. The van der Waals surface area contributed by atoms with Crippen molar-refractivity contribution in [1.82, 2.24) is 16.0 Å². The normalized spacial score (nSPS) is 28.0. The summed E-state index contributed by atoms with van der Waals surface area (Å²) in [6.07, 6.45) is 3.15. The Morgan fingerprint density at radius 1 is 1.33 bits per heavy atom. The lowest BCUT2D eigenvalue weighted by Gasteiger charge is -2.29. The minimum Gasteiger partial charge on any atom is -0.337 e. The molecule has 0 radical (unpaired) electrons. The summed E-state index contributed by atoms with van der Waals surface area (Å²) in [6.45, 7) is 1.05. The van der Waals surface area contributed by atoms with Crippen molar-refractivity contribution in [2.45, 2.75) is 31.2 Å². The molecule has 2 heterocycles. The van der Waals surface area contributed by atoms with E-state index in [0.29, 0.717) is 19.5 Å². The number of fused-ring (bicyclic) bond motifs is 1. The smallest absolute Gasteiger partial charge is 0.322 e. The van der Waals surface area contributed by atoms with Crippen LogP contribution in [0.1, 0.15) is 24.8 Å². The number of amides is 5. The number of nitrogens with zero attached hydrogens (tertiary/aromatic N) is 1. The maximum absolute atomic E-state index is 12.5. The summed E-state index contributed by atoms with van der Waals surface area (Å²) >= 11 is 0. The van der Waals surface area contributed by atoms with Gasteiger partial charge in [0.2, 0.25) is 0 Å². The molecular weight excluding hydrogens is 308 g/mol. The lowest BCUT2D eigenvalue weighted by Crippen LogP contribution is -2.54. The Labute approximate surface area is 139 Å². The Bertz CT molecular complexity index is 720. The quantitative estimate of drug-likeness (QED) is 0.711. The molecule has 5 amide bonds. The van der Waals surface area contributed by atoms with Gasteiger partial charge in [0.1, 0.15) is 5.54 Å². The third-order valence-electron chi connectivity index (χ3n) is 5.42. The number of hydrogen-bond donors (Lipinski definition) is 3. The molecule has 1 spiro atoms. The maximum Gasteiger partial charge on any atom is 0.322 e. The molecule has 24 heavy (non-hydrogen) atoms. The first kappa shape index (κ1) is 15.0. The molecule has 7 nitrogen and oxygen atoms in total. The zero-order valence-electron chi connectivity index (χ0n) is 13.3. The highest BCUT2D eigenvalue weighted by Crippen LogP contribution is 2.37. The standard InChI is InChI=1S/C17H20N4O3/c22-14-17(20-15(23)19-14)8-3-5-12(17)10-18-16(24)21-9-7-11-4-1-2-6-13(11)21/h1-2,4,6,12H,3,5,7-10H2,(H,18,24)(H2,19,20,22,23)/t12-,17+/m1/s1. The van der Waals surface area contributed by atoms with Crippen LogP contribution in [-0.2, 0) is 11.2 Å². The Morgan fingerprint density at radius 3 is 2.96 bits per heavy atom. The lowest BCUT2D eigenvalue weighted by molar-refractivity contribution is -0.125. The van der Waals surface area contributed by atoms with Gasteiger partial charge in [-0.2, -0.15) is 0 Å². The number of para-hydroxylation sites is 1. The van der Waals surface area contributed by atoms with Crippen LogP contribution in [0.25, 0.3) is 0 Å². The third-order valence-corrected chi connectivity index (χ3v) is 5.42. The molecule has 0 bridgehead atoms. The van der Waals surface area contributed by atoms with E-state index < -0.39 is 11.6 Å². The predicted molar refractivity (Wildman–Crippen MR) is 87.6 cm³/mol. The molecule has 126 valence electrons. The first-order valence-corrected chi connectivity index (χ1v) is 8.37. The zero-order valence-corrected chi connectivity index (χ0v) is 13.3. The van der Waals surface area contributed by atoms with Crippen LogP contribution < -0.4 is 20.9 Å². The van der Waals surface area contributed by atoms with Gasteiger partial charge >= 0.3 is 12.1 Å². The van der Waals surface area contributed by atoms with Crippen LogP contribution in [0, 0.1) is 5.92 Å². The van der Waals surface area contributed by atoms with Gasteiger partial charge in [-0.25, -0.2) is 9.59 Å². The number of urea groups is 2. The zero-order chi connectivity index (χ0) is 16.7. The summed E-state index contributed by atoms with van der Waals surface area (Å²) in [7, 11) is 0. The highest BCUT2D eigenvalue weighted by molar-refractivity contribution is 6.07. The minimum absolute atomic E-state index is 0.0780. The van der Waals surface area contributed by atoms with E-state index in [1.807, 2.05) is 24.3 Å². The Hall–Kier alpha value is -2.57. The van der Waals surface area contributed by atoms with Crippen molar-refractivity contribution >= 4 is 23.7 Å². The van der Waals surface area contributed by atoms with Crippen LogP contribution in [0.4, 0.5) is 15.3 Å². The lowest BCUT2D eigenvalue weighted by atomic mass is 9.87. The molecule has 1 aromatic carbocycles. The number of nitrogens with one attached hydrogen (secondary N) is 3.